The summed E-state index contributed by atoms with van der Waals surface area (Å²) in [7, 11) is 0. The molecule has 1 aliphatic carbocycles. The van der Waals surface area contributed by atoms with E-state index in [4.69, 9.17) is 0 Å². The zero-order valence-corrected chi connectivity index (χ0v) is 13.3. The van der Waals surface area contributed by atoms with Crippen molar-refractivity contribution >= 4 is 12.2 Å². The van der Waals surface area contributed by atoms with Crippen LogP contribution < -0.4 is 5.32 Å². The van der Waals surface area contributed by atoms with Gasteiger partial charge in [-0.05, 0) is 43.7 Å². The standard InChI is InChI=1S/C18H23N3O2/c22-12-21-10-8-18(21,17(23)15-7-3-4-9-19-15)16-11-13-5-1-2-6-14(13)20-16/h3-4,7,9,12-14,16,20H,1-2,5-6,8,10-11H2/t13?,14?,16?,18-/m0/s1. The highest BCUT2D eigenvalue weighted by molar-refractivity contribution is 6.04. The number of hydrogen-bond acceptors (Lipinski definition) is 4. The molecule has 0 spiro atoms. The second kappa shape index (κ2) is 5.71. The highest BCUT2D eigenvalue weighted by Crippen LogP contribution is 2.44. The van der Waals surface area contributed by atoms with Gasteiger partial charge >= 0.3 is 0 Å². The third-order valence-electron chi connectivity index (χ3n) is 6.10. The number of carbonyl (C=O) groups is 2. The molecule has 5 nitrogen and oxygen atoms in total. The summed E-state index contributed by atoms with van der Waals surface area (Å²) < 4.78 is 0. The number of amides is 1. The molecule has 2 saturated heterocycles. The number of ketones is 1. The number of likely N-dealkylation sites (tertiary alicyclic amines) is 1. The first-order valence-corrected chi connectivity index (χ1v) is 8.69. The maximum Gasteiger partial charge on any atom is 0.210 e. The number of pyridine rings is 1. The summed E-state index contributed by atoms with van der Waals surface area (Å²) in [6, 6.07) is 5.97. The molecule has 1 aromatic rings. The highest BCUT2D eigenvalue weighted by Gasteiger charge is 2.59. The monoisotopic (exact) mass is 313 g/mol. The van der Waals surface area contributed by atoms with Crippen molar-refractivity contribution in [2.75, 3.05) is 6.54 Å². The number of rotatable bonds is 4. The Morgan fingerprint density at radius 3 is 2.87 bits per heavy atom. The Balaban J connectivity index is 1.65. The number of fused-ring (bicyclic) bond motifs is 1. The lowest BCUT2D eigenvalue weighted by Gasteiger charge is -2.53. The largest absolute Gasteiger partial charge is 0.330 e. The van der Waals surface area contributed by atoms with Gasteiger partial charge < -0.3 is 10.2 Å². The van der Waals surface area contributed by atoms with E-state index in [0.29, 0.717) is 24.2 Å². The van der Waals surface area contributed by atoms with Gasteiger partial charge in [-0.25, -0.2) is 0 Å². The molecule has 0 radical (unpaired) electrons. The van der Waals surface area contributed by atoms with E-state index in [1.54, 1.807) is 17.2 Å². The third kappa shape index (κ3) is 2.21. The van der Waals surface area contributed by atoms with E-state index < -0.39 is 5.54 Å². The van der Waals surface area contributed by atoms with Crippen molar-refractivity contribution in [1.29, 1.82) is 0 Å². The van der Waals surface area contributed by atoms with E-state index in [-0.39, 0.29) is 11.8 Å². The van der Waals surface area contributed by atoms with Gasteiger partial charge in [0.1, 0.15) is 11.2 Å². The van der Waals surface area contributed by atoms with E-state index in [1.807, 2.05) is 12.1 Å². The van der Waals surface area contributed by atoms with Gasteiger partial charge in [-0.15, -0.1) is 0 Å². The maximum atomic E-state index is 13.2. The van der Waals surface area contributed by atoms with E-state index in [1.165, 1.54) is 25.7 Å². The molecule has 1 saturated carbocycles. The summed E-state index contributed by atoms with van der Waals surface area (Å²) in [4.78, 5) is 30.7. The van der Waals surface area contributed by atoms with Crippen LogP contribution in [0.2, 0.25) is 0 Å². The van der Waals surface area contributed by atoms with Crippen LogP contribution in [-0.2, 0) is 4.79 Å². The van der Waals surface area contributed by atoms with Crippen molar-refractivity contribution < 1.29 is 9.59 Å². The third-order valence-corrected chi connectivity index (χ3v) is 6.10. The summed E-state index contributed by atoms with van der Waals surface area (Å²) in [5.41, 5.74) is -0.260. The average Bonchev–Trinajstić information content (AvgIpc) is 2.99. The Kier molecular flexibility index (Phi) is 3.68. The van der Waals surface area contributed by atoms with Gasteiger partial charge in [0, 0.05) is 24.8 Å². The number of Topliss-reactive ketones (excluding diaryl/α,β-unsaturated/α-hetero) is 1. The van der Waals surface area contributed by atoms with Gasteiger partial charge in [0.05, 0.1) is 0 Å². The molecule has 4 rings (SSSR count). The van der Waals surface area contributed by atoms with Crippen molar-refractivity contribution in [2.24, 2.45) is 5.92 Å². The van der Waals surface area contributed by atoms with Crippen LogP contribution in [0.5, 0.6) is 0 Å². The number of hydrogen-bond donors (Lipinski definition) is 1. The van der Waals surface area contributed by atoms with Crippen LogP contribution in [0.3, 0.4) is 0 Å². The molecule has 1 amide bonds. The minimum absolute atomic E-state index is 0.00685. The fourth-order valence-corrected chi connectivity index (χ4v) is 4.80. The topological polar surface area (TPSA) is 62.3 Å². The second-order valence-electron chi connectivity index (χ2n) is 7.12. The zero-order chi connectivity index (χ0) is 15.9. The molecule has 4 atom stereocenters. The lowest BCUT2D eigenvalue weighted by Crippen LogP contribution is -2.72. The van der Waals surface area contributed by atoms with Gasteiger partial charge in [0.25, 0.3) is 0 Å². The van der Waals surface area contributed by atoms with Crippen molar-refractivity contribution in [3.8, 4) is 0 Å². The summed E-state index contributed by atoms with van der Waals surface area (Å²) >= 11 is 0. The summed E-state index contributed by atoms with van der Waals surface area (Å²) in [5.74, 6) is 0.642. The van der Waals surface area contributed by atoms with E-state index in [0.717, 1.165) is 19.3 Å². The van der Waals surface area contributed by atoms with Crippen LogP contribution in [0.15, 0.2) is 24.4 Å². The van der Waals surface area contributed by atoms with Gasteiger partial charge in [-0.1, -0.05) is 18.9 Å². The molecule has 5 heteroatoms. The SMILES string of the molecule is O=CN1CC[C@@]1(C(=O)c1ccccn1)C1CC2CCCCC2N1. The molecule has 3 aliphatic rings. The van der Waals surface area contributed by atoms with Crippen LogP contribution in [0.4, 0.5) is 0 Å². The first kappa shape index (κ1) is 14.8. The second-order valence-corrected chi connectivity index (χ2v) is 7.12. The zero-order valence-electron chi connectivity index (χ0n) is 13.3. The summed E-state index contributed by atoms with van der Waals surface area (Å²) in [6.07, 6.45) is 9.19. The van der Waals surface area contributed by atoms with Gasteiger partial charge in [-0.3, -0.25) is 14.6 Å². The van der Waals surface area contributed by atoms with Gasteiger partial charge in [-0.2, -0.15) is 0 Å². The molecular weight excluding hydrogens is 290 g/mol. The Labute approximate surface area is 136 Å². The molecule has 2 aliphatic heterocycles. The average molecular weight is 313 g/mol. The van der Waals surface area contributed by atoms with Crippen LogP contribution in [0.1, 0.15) is 49.0 Å². The summed E-state index contributed by atoms with van der Waals surface area (Å²) in [6.45, 7) is 0.662. The lowest BCUT2D eigenvalue weighted by molar-refractivity contribution is -0.131. The minimum Gasteiger partial charge on any atom is -0.330 e. The van der Waals surface area contributed by atoms with Crippen LogP contribution in [0.25, 0.3) is 0 Å². The molecule has 3 heterocycles. The Morgan fingerprint density at radius 1 is 1.35 bits per heavy atom. The molecule has 23 heavy (non-hydrogen) atoms. The smallest absolute Gasteiger partial charge is 0.210 e. The maximum absolute atomic E-state index is 13.2. The minimum atomic E-state index is -0.729. The van der Waals surface area contributed by atoms with E-state index >= 15 is 0 Å². The Bertz CT molecular complexity index is 592. The number of nitrogens with zero attached hydrogens (tertiary/aromatic N) is 2. The summed E-state index contributed by atoms with van der Waals surface area (Å²) in [5, 5.41) is 3.70. The van der Waals surface area contributed by atoms with Crippen molar-refractivity contribution in [2.45, 2.75) is 56.1 Å². The normalized spacial score (nSPS) is 36.2. The number of aromatic nitrogens is 1. The quantitative estimate of drug-likeness (QED) is 0.680. The molecule has 0 aromatic carbocycles. The first-order chi connectivity index (χ1) is 11.3. The predicted molar refractivity (Wildman–Crippen MR) is 86.0 cm³/mol. The molecular formula is C18H23N3O2. The molecule has 1 N–H and O–H groups in total. The number of nitrogens with one attached hydrogen (secondary N) is 1. The molecule has 0 bridgehead atoms. The van der Waals surface area contributed by atoms with Crippen LogP contribution >= 0.6 is 0 Å². The Morgan fingerprint density at radius 2 is 2.22 bits per heavy atom. The van der Waals surface area contributed by atoms with E-state index in [2.05, 4.69) is 10.3 Å². The number of carbonyl (C=O) groups excluding carboxylic acids is 2. The van der Waals surface area contributed by atoms with Gasteiger partial charge in [0.15, 0.2) is 0 Å². The van der Waals surface area contributed by atoms with Crippen molar-refractivity contribution in [3.05, 3.63) is 30.1 Å². The van der Waals surface area contributed by atoms with Crippen molar-refractivity contribution in [3.63, 3.8) is 0 Å². The fraction of sp³-hybridized carbons (Fsp3) is 0.611. The molecule has 3 fully saturated rings. The first-order valence-electron chi connectivity index (χ1n) is 8.69. The molecule has 1 aromatic heterocycles. The van der Waals surface area contributed by atoms with E-state index in [9.17, 15) is 9.59 Å². The van der Waals surface area contributed by atoms with Crippen LogP contribution in [-0.4, -0.2) is 46.2 Å². The van der Waals surface area contributed by atoms with Gasteiger partial charge in [0.2, 0.25) is 12.2 Å². The molecule has 3 unspecified atom stereocenters. The van der Waals surface area contributed by atoms with Crippen molar-refractivity contribution in [1.82, 2.24) is 15.2 Å². The highest BCUT2D eigenvalue weighted by atomic mass is 16.2. The predicted octanol–water partition coefficient (Wildman–Crippen LogP) is 1.79. The molecule has 122 valence electrons. The lowest BCUT2D eigenvalue weighted by atomic mass is 9.72. The fourth-order valence-electron chi connectivity index (χ4n) is 4.80. The Hall–Kier alpha value is -1.75. The van der Waals surface area contributed by atoms with Crippen LogP contribution in [0, 0.1) is 5.92 Å².